The van der Waals surface area contributed by atoms with Gasteiger partial charge < -0.3 is 5.73 Å². The fourth-order valence-corrected chi connectivity index (χ4v) is 3.51. The van der Waals surface area contributed by atoms with Crippen molar-refractivity contribution in [3.8, 4) is 0 Å². The number of rotatable bonds is 3. The highest BCUT2D eigenvalue weighted by atomic mass is 79.9. The first-order valence-corrected chi connectivity index (χ1v) is 7.79. The predicted octanol–water partition coefficient (Wildman–Crippen LogP) is 4.44. The third-order valence-electron chi connectivity index (χ3n) is 3.09. The van der Waals surface area contributed by atoms with E-state index >= 15 is 0 Å². The van der Waals surface area contributed by atoms with Crippen molar-refractivity contribution in [1.82, 2.24) is 4.98 Å². The van der Waals surface area contributed by atoms with E-state index in [2.05, 4.69) is 20.9 Å². The largest absolute Gasteiger partial charge is 0.324 e. The van der Waals surface area contributed by atoms with Crippen molar-refractivity contribution in [3.63, 3.8) is 0 Å². The summed E-state index contributed by atoms with van der Waals surface area (Å²) in [7, 11) is 0. The molecule has 0 fully saturated rings. The normalized spacial score (nSPS) is 12.8. The molecule has 102 valence electrons. The molecule has 1 atom stereocenters. The van der Waals surface area contributed by atoms with Gasteiger partial charge in [0.05, 0.1) is 15.2 Å². The van der Waals surface area contributed by atoms with E-state index in [9.17, 15) is 4.39 Å². The summed E-state index contributed by atoms with van der Waals surface area (Å²) in [6.45, 7) is 0. The first-order valence-electron chi connectivity index (χ1n) is 6.18. The molecule has 2 N–H and O–H groups in total. The van der Waals surface area contributed by atoms with E-state index in [1.165, 1.54) is 6.07 Å². The Labute approximate surface area is 128 Å². The van der Waals surface area contributed by atoms with E-state index < -0.39 is 6.04 Å². The van der Waals surface area contributed by atoms with Crippen LogP contribution in [0.15, 0.2) is 46.9 Å². The Morgan fingerprint density at radius 2 is 2.05 bits per heavy atom. The van der Waals surface area contributed by atoms with Crippen LogP contribution in [0.5, 0.6) is 0 Å². The van der Waals surface area contributed by atoms with Gasteiger partial charge in [-0.15, -0.1) is 11.3 Å². The van der Waals surface area contributed by atoms with Gasteiger partial charge in [0.2, 0.25) is 0 Å². The van der Waals surface area contributed by atoms with Crippen LogP contribution in [0.2, 0.25) is 0 Å². The number of nitrogens with zero attached hydrogens (tertiary/aromatic N) is 1. The summed E-state index contributed by atoms with van der Waals surface area (Å²) in [6, 6.07) is 12.4. The highest BCUT2D eigenvalue weighted by Gasteiger charge is 2.15. The Balaban J connectivity index is 1.88. The van der Waals surface area contributed by atoms with Crippen LogP contribution in [0.3, 0.4) is 0 Å². The van der Waals surface area contributed by atoms with E-state index in [-0.39, 0.29) is 5.82 Å². The summed E-state index contributed by atoms with van der Waals surface area (Å²) in [5, 5.41) is 0.929. The Hall–Kier alpha value is -1.30. The van der Waals surface area contributed by atoms with Crippen LogP contribution < -0.4 is 5.73 Å². The molecular formula is C15H12BrFN2S. The highest BCUT2D eigenvalue weighted by Crippen LogP contribution is 2.27. The van der Waals surface area contributed by atoms with Crippen molar-refractivity contribution in [1.29, 1.82) is 0 Å². The summed E-state index contributed by atoms with van der Waals surface area (Å²) < 4.78 is 15.8. The molecule has 5 heteroatoms. The molecule has 2 nitrogen and oxygen atoms in total. The van der Waals surface area contributed by atoms with Crippen LogP contribution in [-0.4, -0.2) is 4.98 Å². The van der Waals surface area contributed by atoms with Crippen LogP contribution in [0.4, 0.5) is 4.39 Å². The lowest BCUT2D eigenvalue weighted by Gasteiger charge is -2.11. The van der Waals surface area contributed by atoms with Crippen molar-refractivity contribution < 1.29 is 4.39 Å². The molecule has 2 aromatic carbocycles. The van der Waals surface area contributed by atoms with Crippen LogP contribution in [0.25, 0.3) is 10.2 Å². The Bertz CT molecular complexity index is 723. The standard InChI is InChI=1S/C15H12BrFN2S/c16-9-5-6-11(17)10(7-9)12(18)8-15-19-13-3-1-2-4-14(13)20-15/h1-7,12H,8,18H2. The van der Waals surface area contributed by atoms with Gasteiger partial charge in [0.15, 0.2) is 0 Å². The quantitative estimate of drug-likeness (QED) is 0.758. The number of para-hydroxylation sites is 1. The molecule has 0 amide bonds. The fraction of sp³-hybridized carbons (Fsp3) is 0.133. The zero-order valence-electron chi connectivity index (χ0n) is 10.5. The van der Waals surface area contributed by atoms with E-state index in [4.69, 9.17) is 5.73 Å². The van der Waals surface area contributed by atoms with Crippen molar-refractivity contribution in [2.24, 2.45) is 5.73 Å². The molecule has 0 aliphatic heterocycles. The number of fused-ring (bicyclic) bond motifs is 1. The molecular weight excluding hydrogens is 339 g/mol. The molecule has 3 aromatic rings. The van der Waals surface area contributed by atoms with Crippen LogP contribution in [0, 0.1) is 5.82 Å². The van der Waals surface area contributed by atoms with Gasteiger partial charge in [0.25, 0.3) is 0 Å². The Kier molecular flexibility index (Phi) is 3.83. The minimum Gasteiger partial charge on any atom is -0.324 e. The Morgan fingerprint density at radius 3 is 2.85 bits per heavy atom. The first kappa shape index (κ1) is 13.7. The molecule has 0 radical (unpaired) electrons. The fourth-order valence-electron chi connectivity index (χ4n) is 2.10. The topological polar surface area (TPSA) is 38.9 Å². The average molecular weight is 351 g/mol. The van der Waals surface area contributed by atoms with Gasteiger partial charge in [0, 0.05) is 22.5 Å². The van der Waals surface area contributed by atoms with Crippen molar-refractivity contribution in [3.05, 3.63) is 63.3 Å². The van der Waals surface area contributed by atoms with Gasteiger partial charge >= 0.3 is 0 Å². The van der Waals surface area contributed by atoms with E-state index in [0.29, 0.717) is 12.0 Å². The van der Waals surface area contributed by atoms with Crippen molar-refractivity contribution in [2.75, 3.05) is 0 Å². The number of benzene rings is 2. The number of hydrogen-bond acceptors (Lipinski definition) is 3. The number of hydrogen-bond donors (Lipinski definition) is 1. The maximum atomic E-state index is 13.8. The summed E-state index contributed by atoms with van der Waals surface area (Å²) in [4.78, 5) is 4.53. The average Bonchev–Trinajstić information content (AvgIpc) is 2.83. The highest BCUT2D eigenvalue weighted by molar-refractivity contribution is 9.10. The first-order chi connectivity index (χ1) is 9.63. The van der Waals surface area contributed by atoms with Gasteiger partial charge in [-0.3, -0.25) is 0 Å². The lowest BCUT2D eigenvalue weighted by molar-refractivity contribution is 0.579. The van der Waals surface area contributed by atoms with E-state index in [1.807, 2.05) is 24.3 Å². The molecule has 0 aliphatic carbocycles. The second kappa shape index (κ2) is 5.60. The number of nitrogens with two attached hydrogens (primary N) is 1. The summed E-state index contributed by atoms with van der Waals surface area (Å²) in [5.74, 6) is -0.276. The van der Waals surface area contributed by atoms with E-state index in [1.54, 1.807) is 23.5 Å². The van der Waals surface area contributed by atoms with Crippen LogP contribution in [0.1, 0.15) is 16.6 Å². The SMILES string of the molecule is NC(Cc1nc2ccccc2s1)c1cc(Br)ccc1F. The third-order valence-corrected chi connectivity index (χ3v) is 4.64. The molecule has 20 heavy (non-hydrogen) atoms. The molecule has 0 spiro atoms. The zero-order chi connectivity index (χ0) is 14.1. The zero-order valence-corrected chi connectivity index (χ0v) is 12.9. The molecule has 3 rings (SSSR count). The third kappa shape index (κ3) is 2.75. The van der Waals surface area contributed by atoms with Crippen molar-refractivity contribution >= 4 is 37.5 Å². The van der Waals surface area contributed by atoms with Gasteiger partial charge in [-0.25, -0.2) is 9.37 Å². The number of aromatic nitrogens is 1. The molecule has 1 unspecified atom stereocenters. The maximum absolute atomic E-state index is 13.8. The Morgan fingerprint density at radius 1 is 1.25 bits per heavy atom. The predicted molar refractivity (Wildman–Crippen MR) is 84.4 cm³/mol. The second-order valence-corrected chi connectivity index (χ2v) is 6.58. The van der Waals surface area contributed by atoms with Crippen LogP contribution in [-0.2, 0) is 6.42 Å². The molecule has 1 aromatic heterocycles. The van der Waals surface area contributed by atoms with Gasteiger partial charge in [-0.2, -0.15) is 0 Å². The van der Waals surface area contributed by atoms with Gasteiger partial charge in [-0.05, 0) is 30.3 Å². The number of halogens is 2. The summed E-state index contributed by atoms with van der Waals surface area (Å²) >= 11 is 4.95. The second-order valence-electron chi connectivity index (χ2n) is 4.55. The summed E-state index contributed by atoms with van der Waals surface area (Å²) in [5.41, 5.74) is 7.60. The monoisotopic (exact) mass is 350 g/mol. The molecule has 0 aliphatic rings. The maximum Gasteiger partial charge on any atom is 0.128 e. The minimum atomic E-state index is -0.395. The molecule has 1 heterocycles. The van der Waals surface area contributed by atoms with Gasteiger partial charge in [-0.1, -0.05) is 28.1 Å². The lowest BCUT2D eigenvalue weighted by atomic mass is 10.0. The van der Waals surface area contributed by atoms with Crippen molar-refractivity contribution in [2.45, 2.75) is 12.5 Å². The molecule has 0 saturated heterocycles. The smallest absolute Gasteiger partial charge is 0.128 e. The van der Waals surface area contributed by atoms with Crippen LogP contribution >= 0.6 is 27.3 Å². The molecule has 0 saturated carbocycles. The van der Waals surface area contributed by atoms with E-state index in [0.717, 1.165) is 19.7 Å². The number of thiazole rings is 1. The lowest BCUT2D eigenvalue weighted by Crippen LogP contribution is -2.15. The van der Waals surface area contributed by atoms with Gasteiger partial charge in [0.1, 0.15) is 5.82 Å². The molecule has 0 bridgehead atoms. The summed E-state index contributed by atoms with van der Waals surface area (Å²) in [6.07, 6.45) is 0.534. The minimum absolute atomic E-state index is 0.276.